The minimum absolute atomic E-state index is 1.02. The van der Waals surface area contributed by atoms with Gasteiger partial charge in [0.25, 0.3) is 0 Å². The molecule has 8 nitrogen and oxygen atoms in total. The maximum atomic E-state index is 2.57. The van der Waals surface area contributed by atoms with Gasteiger partial charge in [0, 0.05) is 45.5 Å². The molecule has 15 aromatic carbocycles. The van der Waals surface area contributed by atoms with E-state index in [9.17, 15) is 0 Å². The molecule has 102 heavy (non-hydrogen) atoms. The third-order valence-corrected chi connectivity index (χ3v) is 20.7. The fourth-order valence-corrected chi connectivity index (χ4v) is 16.0. The van der Waals surface area contributed by atoms with E-state index in [0.717, 1.165) is 179 Å². The van der Waals surface area contributed by atoms with Gasteiger partial charge in [-0.15, -0.1) is 0 Å². The van der Waals surface area contributed by atoms with Crippen LogP contribution < -0.4 is 9.80 Å². The molecule has 4 aromatic heterocycles. The Morgan fingerprint density at radius 2 is 0.461 bits per heavy atom. The summed E-state index contributed by atoms with van der Waals surface area (Å²) in [6, 6.07) is 130. The van der Waals surface area contributed by atoms with Crippen LogP contribution in [0.1, 0.15) is 22.3 Å². The van der Waals surface area contributed by atoms with Crippen LogP contribution in [0.25, 0.3) is 122 Å². The lowest BCUT2D eigenvalue weighted by molar-refractivity contribution is 1.08. The van der Waals surface area contributed by atoms with Crippen LogP contribution in [-0.2, 0) is 0 Å². The molecule has 0 aliphatic rings. The van der Waals surface area contributed by atoms with Gasteiger partial charge >= 0.3 is 0 Å². The molecule has 19 aromatic rings. The van der Waals surface area contributed by atoms with Crippen molar-refractivity contribution in [3.8, 4) is 45.0 Å². The van der Waals surface area contributed by atoms with Gasteiger partial charge in [0.2, 0.25) is 0 Å². The van der Waals surface area contributed by atoms with E-state index in [2.05, 4.69) is 416 Å². The predicted molar refractivity (Wildman–Crippen MR) is 428 cm³/mol. The normalized spacial score (nSPS) is 11.7. The van der Waals surface area contributed by atoms with E-state index in [1.165, 1.54) is 0 Å². The highest BCUT2D eigenvalue weighted by molar-refractivity contribution is 6.13. The number of nitrogens with zero attached hydrogens (tertiary/aromatic N) is 8. The van der Waals surface area contributed by atoms with Crippen molar-refractivity contribution in [2.45, 2.75) is 27.7 Å². The van der Waals surface area contributed by atoms with Gasteiger partial charge in [-0.3, -0.25) is 0 Å². The van der Waals surface area contributed by atoms with Crippen LogP contribution in [0.4, 0.5) is 34.1 Å². The Kier molecular flexibility index (Phi) is 14.3. The summed E-state index contributed by atoms with van der Waals surface area (Å²) in [6.07, 6.45) is 0. The highest BCUT2D eigenvalue weighted by Crippen LogP contribution is 2.49. The third kappa shape index (κ3) is 9.66. The second-order valence-corrected chi connectivity index (χ2v) is 26.8. The van der Waals surface area contributed by atoms with E-state index < -0.39 is 0 Å². The van der Waals surface area contributed by atoms with E-state index in [0.29, 0.717) is 0 Å². The van der Waals surface area contributed by atoms with Crippen molar-refractivity contribution in [1.82, 2.24) is 27.1 Å². The first kappa shape index (κ1) is 59.9. The van der Waals surface area contributed by atoms with Crippen molar-refractivity contribution in [2.75, 3.05) is 9.80 Å². The Morgan fingerprint density at radius 3 is 0.804 bits per heavy atom. The summed E-state index contributed by atoms with van der Waals surface area (Å²) in [6.45, 7) is 8.96. The van der Waals surface area contributed by atoms with Gasteiger partial charge in [-0.25, -0.2) is 0 Å². The first-order valence-electron chi connectivity index (χ1n) is 35.1. The Hall–Kier alpha value is -13.3. The maximum absolute atomic E-state index is 2.57. The molecule has 0 saturated carbocycles. The SMILES string of the molecule is Cc1ccccc1N(c1cc2c3c(c1)n(-c1ccccc1)c1cc4c(cc1n3c1ccccc1n2-c1ccccc1)n1c2ccccc2n(-c2ccccc2)c2cc(N(c3ccccc3C)c3cc(-c5ccccc5)ccc3C)cc(c21)n4-c1ccccc1)c1cc(-c2ccccc2)ccc1C. The van der Waals surface area contributed by atoms with Crippen molar-refractivity contribution >= 4 is 111 Å². The Bertz CT molecular complexity index is 6140. The van der Waals surface area contributed by atoms with Gasteiger partial charge in [-0.1, -0.05) is 218 Å². The lowest BCUT2D eigenvalue weighted by Crippen LogP contribution is -2.17. The molecule has 4 heterocycles. The van der Waals surface area contributed by atoms with Crippen LogP contribution >= 0.6 is 0 Å². The predicted octanol–water partition coefficient (Wildman–Crippen LogP) is 24.9. The zero-order chi connectivity index (χ0) is 68.1. The third-order valence-electron chi connectivity index (χ3n) is 20.7. The standard InChI is InChI=1S/C94H70N8/c1-63-31-23-25-45-77(63)99(83-55-69(53-51-65(83)3)67-33-11-5-12-34-67)75-57-89-93-91(59-75)97(73-41-19-9-20-42-73)85-61-86-88(62-87(85)101(93)81-49-29-27-47-79(81)95(89)71-37-15-7-16-38-71)102-82-50-30-28-48-80(82)96(72-39-17-8-18-40-72)90-58-76(60-92(94(90)102)98(86)74-43-21-10-22-44-74)100(78-46-26-24-32-64(78)2)84-56-70(54-52-66(84)4)68-35-13-6-14-36-68/h5-62H,1-4H3. The molecule has 8 heteroatoms. The number of fused-ring (bicyclic) bond motifs is 8. The monoisotopic (exact) mass is 1310 g/mol. The van der Waals surface area contributed by atoms with Crippen LogP contribution in [0, 0.1) is 27.7 Å². The van der Waals surface area contributed by atoms with Crippen molar-refractivity contribution < 1.29 is 0 Å². The van der Waals surface area contributed by atoms with Crippen molar-refractivity contribution in [3.63, 3.8) is 0 Å². The number of aromatic nitrogens is 6. The summed E-state index contributed by atoms with van der Waals surface area (Å²) in [5.41, 5.74) is 34.5. The highest BCUT2D eigenvalue weighted by atomic mass is 15.2. The number of benzene rings is 15. The Labute approximate surface area is 591 Å². The highest BCUT2D eigenvalue weighted by Gasteiger charge is 2.29. The molecule has 0 aliphatic heterocycles. The quantitative estimate of drug-likeness (QED) is 0.0903. The molecule has 0 atom stereocenters. The summed E-state index contributed by atoms with van der Waals surface area (Å²) in [4.78, 5) is 5.01. The minimum atomic E-state index is 1.02. The number of rotatable bonds is 12. The second kappa shape index (κ2) is 24.3. The summed E-state index contributed by atoms with van der Waals surface area (Å²) < 4.78 is 15.2. The van der Waals surface area contributed by atoms with Gasteiger partial charge in [-0.2, -0.15) is 0 Å². The molecule has 19 rings (SSSR count). The number of hydrogen-bond acceptors (Lipinski definition) is 2. The summed E-state index contributed by atoms with van der Waals surface area (Å²) in [5, 5.41) is 0. The van der Waals surface area contributed by atoms with Gasteiger partial charge in [0.05, 0.1) is 88.6 Å². The van der Waals surface area contributed by atoms with Gasteiger partial charge in [0.15, 0.2) is 0 Å². The largest absolute Gasteiger partial charge is 0.310 e. The zero-order valence-electron chi connectivity index (χ0n) is 57.1. The van der Waals surface area contributed by atoms with Gasteiger partial charge in [-0.05, 0) is 206 Å². The van der Waals surface area contributed by atoms with E-state index in [1.54, 1.807) is 0 Å². The molecule has 0 bridgehead atoms. The van der Waals surface area contributed by atoms with Crippen molar-refractivity contribution in [3.05, 3.63) is 374 Å². The van der Waals surface area contributed by atoms with E-state index in [1.807, 2.05) is 0 Å². The molecule has 0 saturated heterocycles. The Balaban J connectivity index is 1.03. The fraction of sp³-hybridized carbons (Fsp3) is 0.0426. The Morgan fingerprint density at radius 1 is 0.186 bits per heavy atom. The molecule has 0 unspecified atom stereocenters. The molecule has 486 valence electrons. The molecule has 0 amide bonds. The van der Waals surface area contributed by atoms with Crippen LogP contribution in [0.15, 0.2) is 352 Å². The number of aryl methyl sites for hydroxylation is 4. The van der Waals surface area contributed by atoms with Gasteiger partial charge in [0.1, 0.15) is 0 Å². The smallest absolute Gasteiger partial charge is 0.0949 e. The van der Waals surface area contributed by atoms with Crippen LogP contribution in [0.2, 0.25) is 0 Å². The number of para-hydroxylation sites is 10. The van der Waals surface area contributed by atoms with Gasteiger partial charge < -0.3 is 36.9 Å². The maximum Gasteiger partial charge on any atom is 0.0949 e. The molecule has 0 spiro atoms. The minimum Gasteiger partial charge on any atom is -0.310 e. The van der Waals surface area contributed by atoms with Crippen LogP contribution in [0.3, 0.4) is 0 Å². The summed E-state index contributed by atoms with van der Waals surface area (Å²) in [5.74, 6) is 0. The topological polar surface area (TPSA) is 35.0 Å². The van der Waals surface area contributed by atoms with Crippen LogP contribution in [0.5, 0.6) is 0 Å². The number of anilines is 6. The van der Waals surface area contributed by atoms with E-state index >= 15 is 0 Å². The fourth-order valence-electron chi connectivity index (χ4n) is 16.0. The van der Waals surface area contributed by atoms with Crippen molar-refractivity contribution in [1.29, 1.82) is 0 Å². The molecular weight excluding hydrogens is 1240 g/mol. The average molecular weight is 1310 g/mol. The van der Waals surface area contributed by atoms with Crippen LogP contribution in [-0.4, -0.2) is 27.1 Å². The summed E-state index contributed by atoms with van der Waals surface area (Å²) in [7, 11) is 0. The molecule has 0 aliphatic carbocycles. The lowest BCUT2D eigenvalue weighted by Gasteiger charge is -2.32. The molecule has 0 N–H and O–H groups in total. The lowest BCUT2D eigenvalue weighted by atomic mass is 10.0. The number of hydrogen-bond donors (Lipinski definition) is 0. The zero-order valence-corrected chi connectivity index (χ0v) is 57.1. The summed E-state index contributed by atoms with van der Waals surface area (Å²) >= 11 is 0. The van der Waals surface area contributed by atoms with E-state index in [4.69, 9.17) is 0 Å². The van der Waals surface area contributed by atoms with Crippen molar-refractivity contribution in [2.24, 2.45) is 0 Å². The molecule has 0 fully saturated rings. The first-order chi connectivity index (χ1) is 50.3. The average Bonchev–Trinajstić information content (AvgIpc) is 0.683. The molecule has 0 radical (unpaired) electrons. The first-order valence-corrected chi connectivity index (χ1v) is 35.1. The second-order valence-electron chi connectivity index (χ2n) is 26.8. The van der Waals surface area contributed by atoms with E-state index in [-0.39, 0.29) is 0 Å². The molecular formula is C94H70N8.